The lowest BCUT2D eigenvalue weighted by molar-refractivity contribution is 0.103. The molecule has 3 heteroatoms. The average molecular weight is 240 g/mol. The molecule has 3 N–H and O–H groups in total. The zero-order valence-electron chi connectivity index (χ0n) is 11.4. The third-order valence-corrected chi connectivity index (χ3v) is 4.92. The van der Waals surface area contributed by atoms with Crippen LogP contribution in [0.4, 0.5) is 0 Å². The number of hydrogen-bond donors (Lipinski definition) is 2. The minimum absolute atomic E-state index is 0.316. The Morgan fingerprint density at radius 2 is 2.12 bits per heavy atom. The van der Waals surface area contributed by atoms with Crippen LogP contribution in [0.1, 0.15) is 39.5 Å². The number of aliphatic hydroxyl groups is 1. The molecule has 3 unspecified atom stereocenters. The number of rotatable bonds is 3. The number of piperidine rings is 1. The third kappa shape index (κ3) is 3.01. The number of aliphatic hydroxyl groups excluding tert-OH is 1. The molecule has 1 saturated carbocycles. The average Bonchev–Trinajstić information content (AvgIpc) is 2.57. The van der Waals surface area contributed by atoms with Gasteiger partial charge in [0.2, 0.25) is 0 Å². The molecular formula is C14H28N2O. The van der Waals surface area contributed by atoms with Gasteiger partial charge in [-0.1, -0.05) is 13.8 Å². The molecule has 1 aliphatic carbocycles. The van der Waals surface area contributed by atoms with Gasteiger partial charge in [-0.15, -0.1) is 0 Å². The van der Waals surface area contributed by atoms with Crippen molar-refractivity contribution in [2.24, 2.45) is 23.0 Å². The van der Waals surface area contributed by atoms with Gasteiger partial charge in [0.15, 0.2) is 0 Å². The summed E-state index contributed by atoms with van der Waals surface area (Å²) in [5.74, 6) is 1.15. The first kappa shape index (κ1) is 13.3. The topological polar surface area (TPSA) is 49.5 Å². The fourth-order valence-electron chi connectivity index (χ4n) is 3.54. The SMILES string of the molecule is CC1(C)CCC(CN2CCCC(CO)C2)C1N. The minimum Gasteiger partial charge on any atom is -0.396 e. The van der Waals surface area contributed by atoms with Gasteiger partial charge in [0.1, 0.15) is 0 Å². The van der Waals surface area contributed by atoms with Crippen LogP contribution in [0.3, 0.4) is 0 Å². The molecule has 2 aliphatic rings. The molecule has 0 amide bonds. The second kappa shape index (κ2) is 5.25. The number of likely N-dealkylation sites (tertiary alicyclic amines) is 1. The highest BCUT2D eigenvalue weighted by Gasteiger charge is 2.40. The van der Waals surface area contributed by atoms with Crippen molar-refractivity contribution in [3.63, 3.8) is 0 Å². The summed E-state index contributed by atoms with van der Waals surface area (Å²) < 4.78 is 0. The summed E-state index contributed by atoms with van der Waals surface area (Å²) >= 11 is 0. The molecular weight excluding hydrogens is 212 g/mol. The van der Waals surface area contributed by atoms with E-state index in [-0.39, 0.29) is 0 Å². The highest BCUT2D eigenvalue weighted by atomic mass is 16.3. The lowest BCUT2D eigenvalue weighted by Crippen LogP contribution is -2.45. The Kier molecular flexibility index (Phi) is 4.11. The van der Waals surface area contributed by atoms with E-state index in [1.807, 2.05) is 0 Å². The molecule has 3 nitrogen and oxygen atoms in total. The minimum atomic E-state index is 0.316. The van der Waals surface area contributed by atoms with Crippen molar-refractivity contribution in [1.82, 2.24) is 4.90 Å². The van der Waals surface area contributed by atoms with Gasteiger partial charge in [0.05, 0.1) is 0 Å². The van der Waals surface area contributed by atoms with Gasteiger partial charge < -0.3 is 15.7 Å². The van der Waals surface area contributed by atoms with Crippen LogP contribution in [0.15, 0.2) is 0 Å². The van der Waals surface area contributed by atoms with Crippen molar-refractivity contribution in [3.05, 3.63) is 0 Å². The molecule has 0 aromatic carbocycles. The Morgan fingerprint density at radius 1 is 1.35 bits per heavy atom. The molecule has 0 spiro atoms. The molecule has 1 heterocycles. The van der Waals surface area contributed by atoms with Crippen molar-refractivity contribution in [2.75, 3.05) is 26.2 Å². The van der Waals surface area contributed by atoms with Crippen LogP contribution >= 0.6 is 0 Å². The lowest BCUT2D eigenvalue weighted by Gasteiger charge is -2.35. The summed E-state index contributed by atoms with van der Waals surface area (Å²) in [7, 11) is 0. The predicted octanol–water partition coefficient (Wildman–Crippen LogP) is 1.45. The Labute approximate surface area is 105 Å². The maximum atomic E-state index is 9.25. The molecule has 100 valence electrons. The van der Waals surface area contributed by atoms with Crippen LogP contribution in [-0.2, 0) is 0 Å². The van der Waals surface area contributed by atoms with Crippen LogP contribution in [0, 0.1) is 17.3 Å². The number of nitrogens with two attached hydrogens (primary N) is 1. The fraction of sp³-hybridized carbons (Fsp3) is 1.00. The van der Waals surface area contributed by atoms with E-state index in [4.69, 9.17) is 5.73 Å². The van der Waals surface area contributed by atoms with Gasteiger partial charge in [0, 0.05) is 25.7 Å². The molecule has 0 radical (unpaired) electrons. The van der Waals surface area contributed by atoms with Crippen molar-refractivity contribution < 1.29 is 5.11 Å². The second-order valence-electron chi connectivity index (χ2n) is 6.76. The van der Waals surface area contributed by atoms with Gasteiger partial charge in [-0.25, -0.2) is 0 Å². The molecule has 3 atom stereocenters. The van der Waals surface area contributed by atoms with Gasteiger partial charge >= 0.3 is 0 Å². The molecule has 2 fully saturated rings. The van der Waals surface area contributed by atoms with Crippen LogP contribution in [0.5, 0.6) is 0 Å². The predicted molar refractivity (Wildman–Crippen MR) is 70.7 cm³/mol. The highest BCUT2D eigenvalue weighted by Crippen LogP contribution is 2.40. The first-order valence-corrected chi connectivity index (χ1v) is 7.12. The van der Waals surface area contributed by atoms with E-state index in [0.717, 1.165) is 13.1 Å². The number of nitrogens with zero attached hydrogens (tertiary/aromatic N) is 1. The quantitative estimate of drug-likeness (QED) is 0.785. The smallest absolute Gasteiger partial charge is 0.0471 e. The van der Waals surface area contributed by atoms with Gasteiger partial charge in [0.25, 0.3) is 0 Å². The third-order valence-electron chi connectivity index (χ3n) is 4.92. The molecule has 0 bridgehead atoms. The monoisotopic (exact) mass is 240 g/mol. The van der Waals surface area contributed by atoms with Crippen molar-refractivity contribution in [2.45, 2.75) is 45.6 Å². The molecule has 0 aromatic heterocycles. The van der Waals surface area contributed by atoms with Gasteiger partial charge in [-0.05, 0) is 49.5 Å². The maximum Gasteiger partial charge on any atom is 0.0471 e. The van der Waals surface area contributed by atoms with E-state index in [1.165, 1.54) is 32.2 Å². The maximum absolute atomic E-state index is 9.25. The zero-order valence-corrected chi connectivity index (χ0v) is 11.4. The van der Waals surface area contributed by atoms with E-state index >= 15 is 0 Å². The summed E-state index contributed by atoms with van der Waals surface area (Å²) in [4.78, 5) is 2.52. The Morgan fingerprint density at radius 3 is 2.71 bits per heavy atom. The van der Waals surface area contributed by atoms with Crippen molar-refractivity contribution in [1.29, 1.82) is 0 Å². The van der Waals surface area contributed by atoms with E-state index in [9.17, 15) is 5.11 Å². The van der Waals surface area contributed by atoms with Crippen molar-refractivity contribution in [3.8, 4) is 0 Å². The van der Waals surface area contributed by atoms with Gasteiger partial charge in [-0.2, -0.15) is 0 Å². The number of hydrogen-bond acceptors (Lipinski definition) is 3. The summed E-state index contributed by atoms with van der Waals surface area (Å²) in [5.41, 5.74) is 6.68. The standard InChI is InChI=1S/C14H28N2O/c1-14(2)6-5-12(13(14)15)9-16-7-3-4-11(8-16)10-17/h11-13,17H,3-10,15H2,1-2H3. The van der Waals surface area contributed by atoms with Crippen LogP contribution in [-0.4, -0.2) is 42.3 Å². The summed E-state index contributed by atoms with van der Waals surface area (Å²) in [6.45, 7) is 8.34. The van der Waals surface area contributed by atoms with Gasteiger partial charge in [-0.3, -0.25) is 0 Å². The fourth-order valence-corrected chi connectivity index (χ4v) is 3.54. The molecule has 0 aromatic rings. The first-order valence-electron chi connectivity index (χ1n) is 7.12. The van der Waals surface area contributed by atoms with Crippen LogP contribution in [0.2, 0.25) is 0 Å². The lowest BCUT2D eigenvalue weighted by atomic mass is 9.85. The van der Waals surface area contributed by atoms with Crippen molar-refractivity contribution >= 4 is 0 Å². The van der Waals surface area contributed by atoms with E-state index in [0.29, 0.717) is 29.9 Å². The molecule has 2 rings (SSSR count). The normalized spacial score (nSPS) is 38.5. The second-order valence-corrected chi connectivity index (χ2v) is 6.76. The van der Waals surface area contributed by atoms with E-state index in [2.05, 4.69) is 18.7 Å². The summed E-state index contributed by atoms with van der Waals surface area (Å²) in [6.07, 6.45) is 4.95. The largest absolute Gasteiger partial charge is 0.396 e. The van der Waals surface area contributed by atoms with E-state index in [1.54, 1.807) is 0 Å². The summed E-state index contributed by atoms with van der Waals surface area (Å²) in [5, 5.41) is 9.25. The molecule has 1 aliphatic heterocycles. The Balaban J connectivity index is 1.85. The highest BCUT2D eigenvalue weighted by molar-refractivity contribution is 4.95. The van der Waals surface area contributed by atoms with Crippen LogP contribution in [0.25, 0.3) is 0 Å². The summed E-state index contributed by atoms with van der Waals surface area (Å²) in [6, 6.07) is 0.344. The zero-order chi connectivity index (χ0) is 12.5. The van der Waals surface area contributed by atoms with E-state index < -0.39 is 0 Å². The van der Waals surface area contributed by atoms with Crippen LogP contribution < -0.4 is 5.73 Å². The first-order chi connectivity index (χ1) is 8.03. The Bertz CT molecular complexity index is 255. The molecule has 1 saturated heterocycles. The molecule has 17 heavy (non-hydrogen) atoms. The Hall–Kier alpha value is -0.120.